The van der Waals surface area contributed by atoms with Crippen LogP contribution in [0.2, 0.25) is 0 Å². The van der Waals surface area contributed by atoms with Crippen LogP contribution in [-0.4, -0.2) is 39.6 Å². The molecule has 0 spiro atoms. The van der Waals surface area contributed by atoms with Crippen molar-refractivity contribution in [3.05, 3.63) is 48.0 Å². The second-order valence-corrected chi connectivity index (χ2v) is 9.12. The zero-order valence-electron chi connectivity index (χ0n) is 21.0. The van der Waals surface area contributed by atoms with Crippen molar-refractivity contribution in [2.45, 2.75) is 59.3 Å². The number of rotatable bonds is 14. The Morgan fingerprint density at radius 1 is 0.606 bits per heavy atom. The standard InChI is InChI=1S/C29H40O4/c1-6-15-30-17-19-32-27-23-11-9-10-12-24(23)28(33-20-18-31-16-7-2)26-21-22(13-14-25(26)27)29(4,5)8-3/h9-14,21H,6-8,15-20H2,1-5H3. The lowest BCUT2D eigenvalue weighted by Gasteiger charge is -2.25. The molecule has 4 heteroatoms. The molecular weight excluding hydrogens is 412 g/mol. The highest BCUT2D eigenvalue weighted by Crippen LogP contribution is 2.44. The molecule has 0 saturated carbocycles. The van der Waals surface area contributed by atoms with E-state index in [1.807, 2.05) is 0 Å². The lowest BCUT2D eigenvalue weighted by molar-refractivity contribution is 0.101. The summed E-state index contributed by atoms with van der Waals surface area (Å²) in [5.74, 6) is 1.81. The molecule has 0 fully saturated rings. The maximum Gasteiger partial charge on any atom is 0.135 e. The first kappa shape index (κ1) is 25.3. The van der Waals surface area contributed by atoms with Gasteiger partial charge < -0.3 is 18.9 Å². The van der Waals surface area contributed by atoms with Crippen LogP contribution in [0.5, 0.6) is 11.5 Å². The largest absolute Gasteiger partial charge is 0.490 e. The molecule has 0 unspecified atom stereocenters. The number of hydrogen-bond donors (Lipinski definition) is 0. The summed E-state index contributed by atoms with van der Waals surface area (Å²) in [5.41, 5.74) is 1.38. The summed E-state index contributed by atoms with van der Waals surface area (Å²) in [6.07, 6.45) is 3.08. The monoisotopic (exact) mass is 452 g/mol. The van der Waals surface area contributed by atoms with E-state index in [4.69, 9.17) is 18.9 Å². The third-order valence-electron chi connectivity index (χ3n) is 6.24. The van der Waals surface area contributed by atoms with Crippen molar-refractivity contribution in [2.24, 2.45) is 0 Å². The van der Waals surface area contributed by atoms with Crippen LogP contribution < -0.4 is 9.47 Å². The third kappa shape index (κ3) is 6.18. The van der Waals surface area contributed by atoms with Gasteiger partial charge in [0.25, 0.3) is 0 Å². The normalized spacial score (nSPS) is 11.9. The highest BCUT2D eigenvalue weighted by atomic mass is 16.5. The summed E-state index contributed by atoms with van der Waals surface area (Å²) in [5, 5.41) is 4.29. The molecule has 4 nitrogen and oxygen atoms in total. The van der Waals surface area contributed by atoms with Gasteiger partial charge in [-0.2, -0.15) is 0 Å². The fraction of sp³-hybridized carbons (Fsp3) is 0.517. The molecule has 0 atom stereocenters. The number of ether oxygens (including phenoxy) is 4. The van der Waals surface area contributed by atoms with E-state index in [0.717, 1.165) is 65.5 Å². The van der Waals surface area contributed by atoms with Crippen LogP contribution in [0.4, 0.5) is 0 Å². The minimum atomic E-state index is 0.0797. The summed E-state index contributed by atoms with van der Waals surface area (Å²) < 4.78 is 24.0. The molecule has 0 amide bonds. The first-order valence-electron chi connectivity index (χ1n) is 12.4. The molecule has 0 aliphatic rings. The Labute approximate surface area is 199 Å². The van der Waals surface area contributed by atoms with E-state index in [9.17, 15) is 0 Å². The SMILES string of the molecule is CCCOCCOc1c2ccccc2c(OCCOCCC)c2cc(C(C)(C)CC)ccc12. The van der Waals surface area contributed by atoms with Crippen LogP contribution in [-0.2, 0) is 14.9 Å². The van der Waals surface area contributed by atoms with Gasteiger partial charge in [0.05, 0.1) is 13.2 Å². The zero-order valence-corrected chi connectivity index (χ0v) is 21.0. The van der Waals surface area contributed by atoms with Crippen molar-refractivity contribution >= 4 is 21.5 Å². The molecule has 180 valence electrons. The molecule has 0 aliphatic heterocycles. The van der Waals surface area contributed by atoms with Crippen LogP contribution in [0.25, 0.3) is 21.5 Å². The van der Waals surface area contributed by atoms with Crippen LogP contribution >= 0.6 is 0 Å². The van der Waals surface area contributed by atoms with E-state index in [1.165, 1.54) is 5.56 Å². The predicted molar refractivity (Wildman–Crippen MR) is 138 cm³/mol. The van der Waals surface area contributed by atoms with Crippen molar-refractivity contribution in [1.29, 1.82) is 0 Å². The molecular formula is C29H40O4. The maximum absolute atomic E-state index is 6.39. The second kappa shape index (κ2) is 12.2. The predicted octanol–water partition coefficient (Wildman–Crippen LogP) is 7.29. The molecule has 33 heavy (non-hydrogen) atoms. The Hall–Kier alpha value is -2.30. The molecule has 0 aromatic heterocycles. The Morgan fingerprint density at radius 3 is 1.64 bits per heavy atom. The molecule has 3 aromatic carbocycles. The maximum atomic E-state index is 6.39. The first-order chi connectivity index (χ1) is 16.0. The lowest BCUT2D eigenvalue weighted by atomic mass is 9.81. The molecule has 3 rings (SSSR count). The van der Waals surface area contributed by atoms with Gasteiger partial charge in [-0.1, -0.05) is 71.0 Å². The van der Waals surface area contributed by atoms with E-state index in [1.54, 1.807) is 0 Å². The zero-order chi connectivity index (χ0) is 23.7. The topological polar surface area (TPSA) is 36.9 Å². The molecule has 0 N–H and O–H groups in total. The van der Waals surface area contributed by atoms with Gasteiger partial charge >= 0.3 is 0 Å². The number of benzene rings is 3. The van der Waals surface area contributed by atoms with Gasteiger partial charge in [-0.05, 0) is 36.3 Å². The van der Waals surface area contributed by atoms with Gasteiger partial charge in [0.2, 0.25) is 0 Å². The third-order valence-corrected chi connectivity index (χ3v) is 6.24. The quantitative estimate of drug-likeness (QED) is 0.190. The van der Waals surface area contributed by atoms with Crippen LogP contribution in [0, 0.1) is 0 Å². The molecule has 0 saturated heterocycles. The Bertz CT molecular complexity index is 1020. The van der Waals surface area contributed by atoms with Gasteiger partial charge in [0.15, 0.2) is 0 Å². The Morgan fingerprint density at radius 2 is 1.12 bits per heavy atom. The van der Waals surface area contributed by atoms with E-state index in [-0.39, 0.29) is 5.41 Å². The van der Waals surface area contributed by atoms with Crippen LogP contribution in [0.1, 0.15) is 59.4 Å². The van der Waals surface area contributed by atoms with Gasteiger partial charge in [0, 0.05) is 34.8 Å². The average Bonchev–Trinajstić information content (AvgIpc) is 2.84. The Kier molecular flexibility index (Phi) is 9.40. The fourth-order valence-corrected chi connectivity index (χ4v) is 3.93. The van der Waals surface area contributed by atoms with Gasteiger partial charge in [-0.3, -0.25) is 0 Å². The second-order valence-electron chi connectivity index (χ2n) is 9.12. The molecule has 0 radical (unpaired) electrons. The molecule has 3 aromatic rings. The summed E-state index contributed by atoms with van der Waals surface area (Å²) in [7, 11) is 0. The number of fused-ring (bicyclic) bond motifs is 2. The van der Waals surface area contributed by atoms with Gasteiger partial charge in [-0.25, -0.2) is 0 Å². The summed E-state index contributed by atoms with van der Waals surface area (Å²) in [6, 6.07) is 15.1. The fourth-order valence-electron chi connectivity index (χ4n) is 3.93. The molecule has 0 bridgehead atoms. The van der Waals surface area contributed by atoms with Crippen molar-refractivity contribution in [3.63, 3.8) is 0 Å². The van der Waals surface area contributed by atoms with E-state index in [2.05, 4.69) is 77.1 Å². The van der Waals surface area contributed by atoms with E-state index in [0.29, 0.717) is 26.4 Å². The smallest absolute Gasteiger partial charge is 0.135 e. The van der Waals surface area contributed by atoms with Crippen molar-refractivity contribution in [2.75, 3.05) is 39.6 Å². The first-order valence-corrected chi connectivity index (χ1v) is 12.4. The summed E-state index contributed by atoms with van der Waals surface area (Å²) >= 11 is 0. The van der Waals surface area contributed by atoms with Crippen molar-refractivity contribution in [3.8, 4) is 11.5 Å². The average molecular weight is 453 g/mol. The minimum Gasteiger partial charge on any atom is -0.490 e. The van der Waals surface area contributed by atoms with Gasteiger partial charge in [-0.15, -0.1) is 0 Å². The van der Waals surface area contributed by atoms with Gasteiger partial charge in [0.1, 0.15) is 24.7 Å². The van der Waals surface area contributed by atoms with Crippen molar-refractivity contribution in [1.82, 2.24) is 0 Å². The van der Waals surface area contributed by atoms with Crippen LogP contribution in [0.15, 0.2) is 42.5 Å². The van der Waals surface area contributed by atoms with Crippen molar-refractivity contribution < 1.29 is 18.9 Å². The minimum absolute atomic E-state index is 0.0797. The molecule has 0 aliphatic carbocycles. The van der Waals surface area contributed by atoms with E-state index < -0.39 is 0 Å². The van der Waals surface area contributed by atoms with E-state index >= 15 is 0 Å². The lowest BCUT2D eigenvalue weighted by Crippen LogP contribution is -2.15. The Balaban J connectivity index is 2.08. The summed E-state index contributed by atoms with van der Waals surface area (Å²) in [6.45, 7) is 14.8. The van der Waals surface area contributed by atoms with Crippen LogP contribution in [0.3, 0.4) is 0 Å². The summed E-state index contributed by atoms with van der Waals surface area (Å²) in [4.78, 5) is 0. The molecule has 0 heterocycles. The highest BCUT2D eigenvalue weighted by molar-refractivity contribution is 6.11. The number of hydrogen-bond acceptors (Lipinski definition) is 4. The highest BCUT2D eigenvalue weighted by Gasteiger charge is 2.22.